The molecule has 0 atom stereocenters. The van der Waals surface area contributed by atoms with E-state index < -0.39 is 5.82 Å². The number of halogens is 1. The minimum absolute atomic E-state index is 0.00306. The van der Waals surface area contributed by atoms with Gasteiger partial charge in [-0.1, -0.05) is 48.5 Å². The predicted molar refractivity (Wildman–Crippen MR) is 143 cm³/mol. The molecule has 0 fully saturated rings. The number of benzene rings is 3. The first kappa shape index (κ1) is 25.5. The van der Waals surface area contributed by atoms with E-state index in [9.17, 15) is 9.18 Å². The maximum atomic E-state index is 14.4. The van der Waals surface area contributed by atoms with Crippen molar-refractivity contribution in [1.29, 1.82) is 0 Å². The zero-order valence-electron chi connectivity index (χ0n) is 20.4. The number of carbonyl (C=O) groups is 1. The Morgan fingerprint density at radius 3 is 2.35 bits per heavy atom. The van der Waals surface area contributed by atoms with Crippen molar-refractivity contribution in [3.8, 4) is 5.75 Å². The Kier molecular flexibility index (Phi) is 8.93. The molecule has 0 spiro atoms. The molecule has 8 heteroatoms. The summed E-state index contributed by atoms with van der Waals surface area (Å²) < 4.78 is 24.9. The minimum Gasteiger partial charge on any atom is -0.491 e. The van der Waals surface area contributed by atoms with Gasteiger partial charge in [-0.25, -0.2) is 9.37 Å². The van der Waals surface area contributed by atoms with Crippen LogP contribution in [0.25, 0.3) is 6.08 Å². The third-order valence-corrected chi connectivity index (χ3v) is 5.27. The standard InChI is InChI=1S/C29H27FN4O3/c1-36-17-18-37-26-15-12-24(13-16-26)33-29-31-20-27(30)28(34-29)32-23-10-7-22(8-11-23)19-25(35)14-9-21-5-3-2-4-6-21/h2-16,20H,17-19H2,1H3,(H2,31,32,33,34). The number of hydrogen-bond acceptors (Lipinski definition) is 7. The molecule has 1 aromatic heterocycles. The van der Waals surface area contributed by atoms with E-state index in [0.717, 1.165) is 23.0 Å². The van der Waals surface area contributed by atoms with E-state index in [2.05, 4.69) is 20.6 Å². The van der Waals surface area contributed by atoms with Crippen LogP contribution in [-0.2, 0) is 16.0 Å². The van der Waals surface area contributed by atoms with Crippen LogP contribution in [0, 0.1) is 5.82 Å². The summed E-state index contributed by atoms with van der Waals surface area (Å²) in [6, 6.07) is 24.1. The zero-order chi connectivity index (χ0) is 25.9. The Balaban J connectivity index is 1.34. The van der Waals surface area contributed by atoms with Gasteiger partial charge < -0.3 is 20.1 Å². The quantitative estimate of drug-likeness (QED) is 0.184. The molecule has 0 saturated carbocycles. The van der Waals surface area contributed by atoms with Crippen LogP contribution in [0.1, 0.15) is 11.1 Å². The number of ketones is 1. The monoisotopic (exact) mass is 498 g/mol. The van der Waals surface area contributed by atoms with Gasteiger partial charge in [0.25, 0.3) is 0 Å². The molecule has 7 nitrogen and oxygen atoms in total. The van der Waals surface area contributed by atoms with Crippen LogP contribution in [0.15, 0.2) is 91.1 Å². The molecule has 188 valence electrons. The van der Waals surface area contributed by atoms with Crippen molar-refractivity contribution in [3.63, 3.8) is 0 Å². The fraction of sp³-hybridized carbons (Fsp3) is 0.138. The highest BCUT2D eigenvalue weighted by molar-refractivity contribution is 5.95. The number of aromatic nitrogens is 2. The van der Waals surface area contributed by atoms with Crippen LogP contribution >= 0.6 is 0 Å². The highest BCUT2D eigenvalue weighted by Crippen LogP contribution is 2.22. The van der Waals surface area contributed by atoms with Crippen LogP contribution in [-0.4, -0.2) is 36.1 Å². The van der Waals surface area contributed by atoms with E-state index in [1.807, 2.05) is 66.7 Å². The van der Waals surface area contributed by atoms with Crippen molar-refractivity contribution in [1.82, 2.24) is 9.97 Å². The molecule has 3 aromatic carbocycles. The van der Waals surface area contributed by atoms with Gasteiger partial charge in [0.2, 0.25) is 5.95 Å². The second-order valence-corrected chi connectivity index (χ2v) is 8.09. The summed E-state index contributed by atoms with van der Waals surface area (Å²) in [5.41, 5.74) is 3.19. The largest absolute Gasteiger partial charge is 0.491 e. The molecule has 0 aliphatic carbocycles. The maximum absolute atomic E-state index is 14.4. The number of allylic oxidation sites excluding steroid dienone is 1. The normalized spacial score (nSPS) is 10.9. The van der Waals surface area contributed by atoms with Crippen molar-refractivity contribution in [2.24, 2.45) is 0 Å². The highest BCUT2D eigenvalue weighted by Gasteiger charge is 2.09. The Bertz CT molecular complexity index is 1330. The lowest BCUT2D eigenvalue weighted by atomic mass is 10.1. The Hall–Kier alpha value is -4.56. The molecule has 0 saturated heterocycles. The second-order valence-electron chi connectivity index (χ2n) is 8.09. The molecule has 0 bridgehead atoms. The number of nitrogens with zero attached hydrogens (tertiary/aromatic N) is 2. The van der Waals surface area contributed by atoms with E-state index in [1.165, 1.54) is 0 Å². The molecule has 37 heavy (non-hydrogen) atoms. The molecule has 0 amide bonds. The van der Waals surface area contributed by atoms with Gasteiger partial charge in [-0.05, 0) is 53.6 Å². The average Bonchev–Trinajstić information content (AvgIpc) is 2.92. The first-order valence-corrected chi connectivity index (χ1v) is 11.7. The van der Waals surface area contributed by atoms with E-state index in [-0.39, 0.29) is 24.0 Å². The van der Waals surface area contributed by atoms with Gasteiger partial charge in [-0.2, -0.15) is 4.98 Å². The second kappa shape index (κ2) is 12.9. The Labute approximate surface area is 215 Å². The van der Waals surface area contributed by atoms with E-state index in [4.69, 9.17) is 9.47 Å². The summed E-state index contributed by atoms with van der Waals surface area (Å²) in [5, 5.41) is 6.02. The van der Waals surface area contributed by atoms with Crippen molar-refractivity contribution < 1.29 is 18.7 Å². The summed E-state index contributed by atoms with van der Waals surface area (Å²) in [6.45, 7) is 0.966. The molecular formula is C29H27FN4O3. The lowest BCUT2D eigenvalue weighted by molar-refractivity contribution is -0.113. The smallest absolute Gasteiger partial charge is 0.229 e. The lowest BCUT2D eigenvalue weighted by Gasteiger charge is -2.11. The van der Waals surface area contributed by atoms with Crippen LogP contribution in [0.5, 0.6) is 5.75 Å². The first-order valence-electron chi connectivity index (χ1n) is 11.7. The topological polar surface area (TPSA) is 85.4 Å². The Morgan fingerprint density at radius 2 is 1.62 bits per heavy atom. The third-order valence-electron chi connectivity index (χ3n) is 5.27. The predicted octanol–water partition coefficient (Wildman–Crippen LogP) is 5.95. The summed E-state index contributed by atoms with van der Waals surface area (Å²) in [4.78, 5) is 20.6. The van der Waals surface area contributed by atoms with Gasteiger partial charge in [0.1, 0.15) is 12.4 Å². The molecule has 4 aromatic rings. The van der Waals surface area contributed by atoms with E-state index in [0.29, 0.717) is 24.7 Å². The number of methoxy groups -OCH3 is 1. The number of anilines is 4. The summed E-state index contributed by atoms with van der Waals surface area (Å²) >= 11 is 0. The van der Waals surface area contributed by atoms with Gasteiger partial charge in [0.15, 0.2) is 17.4 Å². The van der Waals surface area contributed by atoms with Gasteiger partial charge in [-0.3, -0.25) is 4.79 Å². The van der Waals surface area contributed by atoms with Gasteiger partial charge in [0.05, 0.1) is 12.8 Å². The number of ether oxygens (including phenoxy) is 2. The maximum Gasteiger partial charge on any atom is 0.229 e. The SMILES string of the molecule is COCCOc1ccc(Nc2ncc(F)c(Nc3ccc(CC(=O)C=Cc4ccccc4)cc3)n2)cc1. The number of carbonyl (C=O) groups excluding carboxylic acids is 1. The van der Waals surface area contributed by atoms with Crippen molar-refractivity contribution in [2.45, 2.75) is 6.42 Å². The van der Waals surface area contributed by atoms with E-state index in [1.54, 1.807) is 31.4 Å². The highest BCUT2D eigenvalue weighted by atomic mass is 19.1. The van der Waals surface area contributed by atoms with Crippen LogP contribution in [0.2, 0.25) is 0 Å². The van der Waals surface area contributed by atoms with Crippen LogP contribution in [0.3, 0.4) is 0 Å². The fourth-order valence-corrected chi connectivity index (χ4v) is 3.38. The van der Waals surface area contributed by atoms with E-state index >= 15 is 0 Å². The number of hydrogen-bond donors (Lipinski definition) is 2. The first-order chi connectivity index (χ1) is 18.1. The van der Waals surface area contributed by atoms with Crippen molar-refractivity contribution >= 4 is 35.0 Å². The number of nitrogens with one attached hydrogen (secondary N) is 2. The molecule has 4 rings (SSSR count). The van der Waals surface area contributed by atoms with Crippen LogP contribution < -0.4 is 15.4 Å². The fourth-order valence-electron chi connectivity index (χ4n) is 3.38. The third kappa shape index (κ3) is 7.98. The van der Waals surface area contributed by atoms with Gasteiger partial charge >= 0.3 is 0 Å². The summed E-state index contributed by atoms with van der Waals surface area (Å²) in [6.07, 6.45) is 4.75. The van der Waals surface area contributed by atoms with Gasteiger partial charge in [-0.15, -0.1) is 0 Å². The van der Waals surface area contributed by atoms with Crippen molar-refractivity contribution in [3.05, 3.63) is 108 Å². The average molecular weight is 499 g/mol. The molecule has 0 aliphatic rings. The molecule has 0 unspecified atom stereocenters. The minimum atomic E-state index is -0.585. The molecule has 2 N–H and O–H groups in total. The van der Waals surface area contributed by atoms with Gasteiger partial charge in [0, 0.05) is 24.9 Å². The lowest BCUT2D eigenvalue weighted by Crippen LogP contribution is -2.05. The molecule has 0 aliphatic heterocycles. The molecule has 1 heterocycles. The van der Waals surface area contributed by atoms with Crippen molar-refractivity contribution in [2.75, 3.05) is 31.0 Å². The molecular weight excluding hydrogens is 471 g/mol. The Morgan fingerprint density at radius 1 is 0.919 bits per heavy atom. The zero-order valence-corrected chi connectivity index (χ0v) is 20.4. The molecule has 0 radical (unpaired) electrons. The summed E-state index contributed by atoms with van der Waals surface area (Å²) in [5.74, 6) is 0.396. The summed E-state index contributed by atoms with van der Waals surface area (Å²) in [7, 11) is 1.62. The number of rotatable bonds is 12. The van der Waals surface area contributed by atoms with Crippen LogP contribution in [0.4, 0.5) is 27.5 Å².